The fourth-order valence-corrected chi connectivity index (χ4v) is 3.72. The van der Waals surface area contributed by atoms with Gasteiger partial charge in [0.25, 0.3) is 0 Å². The highest BCUT2D eigenvalue weighted by Gasteiger charge is 2.17. The Labute approximate surface area is 168 Å². The molecule has 8 nitrogen and oxygen atoms in total. The van der Waals surface area contributed by atoms with Crippen LogP contribution >= 0.6 is 0 Å². The third-order valence-electron chi connectivity index (χ3n) is 4.14. The number of ether oxygens (including phenoxy) is 3. The Morgan fingerprint density at radius 3 is 2.34 bits per heavy atom. The Bertz CT molecular complexity index is 1000. The molecule has 1 aliphatic heterocycles. The van der Waals surface area contributed by atoms with Gasteiger partial charge in [0, 0.05) is 18.5 Å². The topological polar surface area (TPSA) is 108 Å². The van der Waals surface area contributed by atoms with E-state index in [0.717, 1.165) is 6.42 Å². The van der Waals surface area contributed by atoms with E-state index in [4.69, 9.17) is 14.2 Å². The van der Waals surface area contributed by atoms with E-state index in [2.05, 4.69) is 4.72 Å². The van der Waals surface area contributed by atoms with Crippen molar-refractivity contribution in [3.8, 4) is 11.5 Å². The molecular weight excluding hydrogens is 398 g/mol. The quantitative estimate of drug-likeness (QED) is 0.541. The number of nitrogens with one attached hydrogen (secondary N) is 1. The molecule has 0 aliphatic carbocycles. The lowest BCUT2D eigenvalue weighted by Crippen LogP contribution is -2.23. The fourth-order valence-electron chi connectivity index (χ4n) is 2.68. The highest BCUT2D eigenvalue weighted by molar-refractivity contribution is 7.89. The van der Waals surface area contributed by atoms with Gasteiger partial charge in [0.2, 0.25) is 10.0 Å². The van der Waals surface area contributed by atoms with E-state index >= 15 is 0 Å². The molecule has 0 bridgehead atoms. The van der Waals surface area contributed by atoms with Crippen molar-refractivity contribution in [2.24, 2.45) is 0 Å². The number of carbonyl (C=O) groups excluding carboxylic acids is 2. The molecule has 154 valence electrons. The maximum atomic E-state index is 12.3. The minimum atomic E-state index is -3.60. The number of benzene rings is 2. The zero-order valence-electron chi connectivity index (χ0n) is 15.8. The molecule has 1 heterocycles. The van der Waals surface area contributed by atoms with Gasteiger partial charge in [-0.05, 0) is 42.5 Å². The number of hydrogen-bond acceptors (Lipinski definition) is 7. The first kappa shape index (κ1) is 20.8. The number of sulfonamides is 1. The van der Waals surface area contributed by atoms with Gasteiger partial charge in [0.15, 0.2) is 23.9 Å². The second-order valence-corrected chi connectivity index (χ2v) is 8.00. The second-order valence-electron chi connectivity index (χ2n) is 6.24. The van der Waals surface area contributed by atoms with Crippen LogP contribution in [0.3, 0.4) is 0 Å². The molecule has 29 heavy (non-hydrogen) atoms. The van der Waals surface area contributed by atoms with Crippen LogP contribution in [0.2, 0.25) is 0 Å². The van der Waals surface area contributed by atoms with Crippen molar-refractivity contribution in [1.29, 1.82) is 0 Å². The molecule has 0 aromatic heterocycles. The van der Waals surface area contributed by atoms with E-state index < -0.39 is 22.6 Å². The van der Waals surface area contributed by atoms with Crippen LogP contribution in [0.15, 0.2) is 47.4 Å². The lowest BCUT2D eigenvalue weighted by atomic mass is 10.1. The Kier molecular flexibility index (Phi) is 6.50. The molecule has 0 atom stereocenters. The van der Waals surface area contributed by atoms with Gasteiger partial charge in [-0.3, -0.25) is 4.79 Å². The van der Waals surface area contributed by atoms with Gasteiger partial charge >= 0.3 is 5.97 Å². The molecule has 2 aromatic rings. The third-order valence-corrected chi connectivity index (χ3v) is 5.70. The van der Waals surface area contributed by atoms with Gasteiger partial charge in [0.05, 0.1) is 23.7 Å². The number of Topliss-reactive ketones (excluding diaryl/α,β-unsaturated/α-hetero) is 1. The molecule has 0 spiro atoms. The van der Waals surface area contributed by atoms with Crippen LogP contribution in [-0.4, -0.2) is 46.5 Å². The van der Waals surface area contributed by atoms with Crippen molar-refractivity contribution in [3.63, 3.8) is 0 Å². The maximum Gasteiger partial charge on any atom is 0.338 e. The minimum absolute atomic E-state index is 0.0409. The van der Waals surface area contributed by atoms with Gasteiger partial charge in [-0.15, -0.1) is 0 Å². The highest BCUT2D eigenvalue weighted by atomic mass is 32.2. The first-order valence-corrected chi connectivity index (χ1v) is 10.6. The summed E-state index contributed by atoms with van der Waals surface area (Å²) in [7, 11) is -3.60. The van der Waals surface area contributed by atoms with Gasteiger partial charge in [0.1, 0.15) is 0 Å². The summed E-state index contributed by atoms with van der Waals surface area (Å²) in [5, 5.41) is 0. The summed E-state index contributed by atoms with van der Waals surface area (Å²) in [6.45, 7) is 2.53. The second kappa shape index (κ2) is 9.06. The molecule has 9 heteroatoms. The summed E-state index contributed by atoms with van der Waals surface area (Å²) in [5.74, 6) is -0.0544. The van der Waals surface area contributed by atoms with E-state index in [9.17, 15) is 18.0 Å². The summed E-state index contributed by atoms with van der Waals surface area (Å²) in [6, 6.07) is 10.1. The lowest BCUT2D eigenvalue weighted by Gasteiger charge is -2.09. The van der Waals surface area contributed by atoms with Crippen LogP contribution in [0, 0.1) is 0 Å². The molecular formula is C20H21NO7S. The first-order chi connectivity index (χ1) is 13.9. The van der Waals surface area contributed by atoms with Crippen molar-refractivity contribution in [2.45, 2.75) is 18.2 Å². The normalized spacial score (nSPS) is 13.4. The first-order valence-electron chi connectivity index (χ1n) is 9.10. The molecule has 0 amide bonds. The van der Waals surface area contributed by atoms with Crippen molar-refractivity contribution in [3.05, 3.63) is 53.6 Å². The third kappa shape index (κ3) is 5.12. The molecule has 0 saturated carbocycles. The van der Waals surface area contributed by atoms with Crippen LogP contribution < -0.4 is 14.2 Å². The molecule has 1 N–H and O–H groups in total. The smallest absolute Gasteiger partial charge is 0.338 e. The van der Waals surface area contributed by atoms with E-state index in [-0.39, 0.29) is 22.8 Å². The highest BCUT2D eigenvalue weighted by Crippen LogP contribution is 2.30. The van der Waals surface area contributed by atoms with Gasteiger partial charge < -0.3 is 14.2 Å². The van der Waals surface area contributed by atoms with Crippen LogP contribution in [-0.2, 0) is 14.8 Å². The number of carbonyl (C=O) groups is 2. The van der Waals surface area contributed by atoms with Crippen molar-refractivity contribution < 1.29 is 32.2 Å². The number of esters is 1. The molecule has 1 aliphatic rings. The van der Waals surface area contributed by atoms with Crippen molar-refractivity contribution >= 4 is 21.8 Å². The molecule has 3 rings (SSSR count). The Morgan fingerprint density at radius 2 is 1.66 bits per heavy atom. The predicted octanol–water partition coefficient (Wildman–Crippen LogP) is 2.19. The zero-order chi connectivity index (χ0) is 20.9. The molecule has 0 saturated heterocycles. The number of fused-ring (bicyclic) bond motifs is 1. The van der Waals surface area contributed by atoms with E-state index in [1.54, 1.807) is 25.1 Å². The number of ketones is 1. The number of hydrogen-bond donors (Lipinski definition) is 1. The minimum Gasteiger partial charge on any atom is -0.490 e. The van der Waals surface area contributed by atoms with E-state index in [1.165, 1.54) is 24.3 Å². The van der Waals surface area contributed by atoms with Gasteiger partial charge in [-0.1, -0.05) is 6.92 Å². The zero-order valence-corrected chi connectivity index (χ0v) is 16.7. The molecule has 0 fully saturated rings. The molecule has 0 radical (unpaired) electrons. The summed E-state index contributed by atoms with van der Waals surface area (Å²) < 4.78 is 42.3. The van der Waals surface area contributed by atoms with E-state index in [1.807, 2.05) is 0 Å². The maximum absolute atomic E-state index is 12.3. The lowest BCUT2D eigenvalue weighted by molar-refractivity contribution is 0.0474. The fraction of sp³-hybridized carbons (Fsp3) is 0.300. The largest absolute Gasteiger partial charge is 0.490 e. The monoisotopic (exact) mass is 419 g/mol. The average molecular weight is 419 g/mol. The predicted molar refractivity (Wildman–Crippen MR) is 104 cm³/mol. The summed E-state index contributed by atoms with van der Waals surface area (Å²) >= 11 is 0. The SMILES string of the molecule is CCNS(=O)(=O)c1ccc(C(=O)OCC(=O)c2ccc3c(c2)OCCCO3)cc1. The number of rotatable bonds is 7. The Morgan fingerprint density at radius 1 is 1.00 bits per heavy atom. The average Bonchev–Trinajstić information content (AvgIpc) is 2.96. The molecule has 0 unspecified atom stereocenters. The Balaban J connectivity index is 1.62. The van der Waals surface area contributed by atoms with Crippen LogP contribution in [0.4, 0.5) is 0 Å². The molecule has 2 aromatic carbocycles. The van der Waals surface area contributed by atoms with Gasteiger partial charge in [-0.25, -0.2) is 17.9 Å². The van der Waals surface area contributed by atoms with Gasteiger partial charge in [-0.2, -0.15) is 0 Å². The summed E-state index contributed by atoms with van der Waals surface area (Å²) in [4.78, 5) is 24.6. The van der Waals surface area contributed by atoms with Crippen LogP contribution in [0.1, 0.15) is 34.1 Å². The summed E-state index contributed by atoms with van der Waals surface area (Å²) in [5.41, 5.74) is 0.487. The van der Waals surface area contributed by atoms with Crippen LogP contribution in [0.25, 0.3) is 0 Å². The van der Waals surface area contributed by atoms with E-state index in [0.29, 0.717) is 30.3 Å². The standard InChI is InChI=1S/C20H21NO7S/c1-2-21-29(24,25)16-7-4-14(5-8-16)20(23)28-13-17(22)15-6-9-18-19(12-15)27-11-3-10-26-18/h4-9,12,21H,2-3,10-11,13H2,1H3. The van der Waals surface area contributed by atoms with Crippen molar-refractivity contribution in [2.75, 3.05) is 26.4 Å². The summed E-state index contributed by atoms with van der Waals surface area (Å²) in [6.07, 6.45) is 0.754. The van der Waals surface area contributed by atoms with Crippen molar-refractivity contribution in [1.82, 2.24) is 4.72 Å². The van der Waals surface area contributed by atoms with Crippen LogP contribution in [0.5, 0.6) is 11.5 Å². The Hall–Kier alpha value is -2.91.